The number of fused-ring (bicyclic) bond motifs is 2. The predicted octanol–water partition coefficient (Wildman–Crippen LogP) is 5.40. The number of aliphatic hydroxyl groups excluding tert-OH is 1. The number of methoxy groups -OCH3 is 1. The molecule has 7 heteroatoms. The highest BCUT2D eigenvalue weighted by Gasteiger charge is 2.23. The zero-order valence-corrected chi connectivity index (χ0v) is 17.1. The molecule has 0 saturated heterocycles. The summed E-state index contributed by atoms with van der Waals surface area (Å²) in [5.41, 5.74) is 4.87. The van der Waals surface area contributed by atoms with Gasteiger partial charge in [0.2, 0.25) is 0 Å². The van der Waals surface area contributed by atoms with Crippen molar-refractivity contribution in [1.82, 2.24) is 0 Å². The Bertz CT molecular complexity index is 1300. The molecule has 3 aromatic carbocycles. The van der Waals surface area contributed by atoms with Crippen LogP contribution in [0.5, 0.6) is 11.5 Å². The van der Waals surface area contributed by atoms with Gasteiger partial charge in [-0.3, -0.25) is 4.79 Å². The molecule has 2 aliphatic heterocycles. The van der Waals surface area contributed by atoms with E-state index in [-0.39, 0.29) is 17.4 Å². The van der Waals surface area contributed by atoms with Crippen molar-refractivity contribution in [2.75, 3.05) is 17.7 Å². The number of anilines is 3. The number of aliphatic hydroxyl groups is 1. The van der Waals surface area contributed by atoms with E-state index in [0.717, 1.165) is 16.8 Å². The van der Waals surface area contributed by atoms with Crippen LogP contribution in [0.25, 0.3) is 11.1 Å². The number of carbonyl (C=O) groups is 1. The van der Waals surface area contributed by atoms with Crippen LogP contribution in [0.2, 0.25) is 0 Å². The van der Waals surface area contributed by atoms with Crippen molar-refractivity contribution in [3.8, 4) is 22.6 Å². The van der Waals surface area contributed by atoms with Gasteiger partial charge in [0.1, 0.15) is 5.76 Å². The number of hydrogen-bond acceptors (Lipinski definition) is 6. The minimum Gasteiger partial charge on any atom is -0.508 e. The first-order valence-electron chi connectivity index (χ1n) is 9.98. The van der Waals surface area contributed by atoms with Crippen LogP contribution >= 0.6 is 0 Å². The summed E-state index contributed by atoms with van der Waals surface area (Å²) < 4.78 is 10.7. The highest BCUT2D eigenvalue weighted by atomic mass is 16.5. The van der Waals surface area contributed by atoms with Crippen LogP contribution in [-0.2, 0) is 4.74 Å². The Labute approximate surface area is 184 Å². The fraction of sp³-hybridized carbons (Fsp3) is 0.0800. The number of ether oxygens (including phenoxy) is 2. The molecule has 0 bridgehead atoms. The summed E-state index contributed by atoms with van der Waals surface area (Å²) in [6.45, 7) is 0. The lowest BCUT2D eigenvalue weighted by Gasteiger charge is -2.20. The van der Waals surface area contributed by atoms with Gasteiger partial charge in [0.15, 0.2) is 17.6 Å². The van der Waals surface area contributed by atoms with E-state index in [1.165, 1.54) is 13.4 Å². The molecule has 2 heterocycles. The third-order valence-corrected chi connectivity index (χ3v) is 5.47. The Morgan fingerprint density at radius 3 is 2.53 bits per heavy atom. The van der Waals surface area contributed by atoms with Crippen molar-refractivity contribution in [1.29, 1.82) is 0 Å². The summed E-state index contributed by atoms with van der Waals surface area (Å²) in [5.74, 6) is 0.282. The van der Waals surface area contributed by atoms with Gasteiger partial charge in [-0.05, 0) is 59.7 Å². The van der Waals surface area contributed by atoms with Crippen molar-refractivity contribution in [2.24, 2.45) is 0 Å². The molecule has 4 N–H and O–H groups in total. The van der Waals surface area contributed by atoms with E-state index in [9.17, 15) is 15.0 Å². The largest absolute Gasteiger partial charge is 0.508 e. The lowest BCUT2D eigenvalue weighted by atomic mass is 10.0. The Hall–Kier alpha value is -4.39. The maximum absolute atomic E-state index is 12.9. The van der Waals surface area contributed by atoms with Crippen molar-refractivity contribution in [3.05, 3.63) is 89.9 Å². The number of rotatable bonds is 3. The molecular weight excluding hydrogens is 408 g/mol. The van der Waals surface area contributed by atoms with Crippen molar-refractivity contribution in [2.45, 2.75) is 6.10 Å². The van der Waals surface area contributed by atoms with E-state index in [4.69, 9.17) is 9.47 Å². The Kier molecular flexibility index (Phi) is 4.71. The predicted molar refractivity (Wildman–Crippen MR) is 121 cm³/mol. The number of phenols is 1. The van der Waals surface area contributed by atoms with Crippen LogP contribution < -0.4 is 15.4 Å². The number of nitrogens with one attached hydrogen (secondary N) is 2. The van der Waals surface area contributed by atoms with Gasteiger partial charge in [-0.1, -0.05) is 18.2 Å². The first-order valence-corrected chi connectivity index (χ1v) is 9.98. The molecule has 1 atom stereocenters. The van der Waals surface area contributed by atoms with Gasteiger partial charge in [0, 0.05) is 5.56 Å². The Balaban J connectivity index is 1.51. The van der Waals surface area contributed by atoms with Crippen molar-refractivity contribution < 1.29 is 24.5 Å². The number of benzene rings is 3. The molecule has 0 spiro atoms. The monoisotopic (exact) mass is 428 g/mol. The maximum Gasteiger partial charge on any atom is 0.257 e. The van der Waals surface area contributed by atoms with Crippen LogP contribution in [0.15, 0.2) is 78.8 Å². The summed E-state index contributed by atoms with van der Waals surface area (Å²) >= 11 is 0. The fourth-order valence-corrected chi connectivity index (χ4v) is 3.82. The van der Waals surface area contributed by atoms with E-state index in [1.807, 2.05) is 24.3 Å². The maximum atomic E-state index is 12.9. The summed E-state index contributed by atoms with van der Waals surface area (Å²) in [4.78, 5) is 12.9. The summed E-state index contributed by atoms with van der Waals surface area (Å²) in [6, 6.07) is 16.0. The minimum absolute atomic E-state index is 0.0616. The quantitative estimate of drug-likeness (QED) is 0.446. The minimum atomic E-state index is -0.621. The SMILES string of the molecule is COc1cc(-c2ccc3c(c2)Nc2ccc(C4OC=CC=C4O)cc2NC3=O)ccc1O. The van der Waals surface area contributed by atoms with E-state index in [2.05, 4.69) is 10.6 Å². The second-order valence-electron chi connectivity index (χ2n) is 7.47. The lowest BCUT2D eigenvalue weighted by Crippen LogP contribution is -2.12. The number of amides is 1. The van der Waals surface area contributed by atoms with Crippen molar-refractivity contribution >= 4 is 23.0 Å². The van der Waals surface area contributed by atoms with Crippen LogP contribution in [0.3, 0.4) is 0 Å². The molecule has 0 radical (unpaired) electrons. The smallest absolute Gasteiger partial charge is 0.257 e. The van der Waals surface area contributed by atoms with Crippen LogP contribution in [0, 0.1) is 0 Å². The van der Waals surface area contributed by atoms with Crippen molar-refractivity contribution in [3.63, 3.8) is 0 Å². The molecule has 5 rings (SSSR count). The zero-order chi connectivity index (χ0) is 22.2. The standard InChI is InChI=1S/C25H20N2O5/c1-31-23-13-15(6-9-21(23)28)14-4-7-17-19(11-14)26-18-8-5-16(12-20(18)27-25(17)30)24-22(29)3-2-10-32-24/h2-13,24,26,28-29H,1H3,(H,27,30). The van der Waals surface area contributed by atoms with Gasteiger partial charge in [0.05, 0.1) is 36.0 Å². The van der Waals surface area contributed by atoms with E-state index < -0.39 is 6.10 Å². The number of allylic oxidation sites excluding steroid dienone is 2. The van der Waals surface area contributed by atoms with Crippen LogP contribution in [0.1, 0.15) is 22.0 Å². The summed E-state index contributed by atoms with van der Waals surface area (Å²) in [7, 11) is 1.50. The molecule has 0 aromatic heterocycles. The second-order valence-corrected chi connectivity index (χ2v) is 7.47. The fourth-order valence-electron chi connectivity index (χ4n) is 3.82. The average molecular weight is 428 g/mol. The van der Waals surface area contributed by atoms with E-state index >= 15 is 0 Å². The van der Waals surface area contributed by atoms with Gasteiger partial charge in [-0.15, -0.1) is 0 Å². The topological polar surface area (TPSA) is 100 Å². The number of phenolic OH excluding ortho intramolecular Hbond substituents is 1. The molecule has 0 aliphatic carbocycles. The molecule has 32 heavy (non-hydrogen) atoms. The van der Waals surface area contributed by atoms with Gasteiger partial charge < -0.3 is 30.3 Å². The van der Waals surface area contributed by atoms with Gasteiger partial charge in [-0.2, -0.15) is 0 Å². The second kappa shape index (κ2) is 7.70. The van der Waals surface area contributed by atoms with Crippen LogP contribution in [-0.4, -0.2) is 23.2 Å². The Morgan fingerprint density at radius 1 is 0.906 bits per heavy atom. The first-order chi connectivity index (χ1) is 15.5. The zero-order valence-electron chi connectivity index (χ0n) is 17.1. The molecule has 1 amide bonds. The first kappa shape index (κ1) is 19.6. The molecule has 0 fully saturated rings. The lowest BCUT2D eigenvalue weighted by molar-refractivity contribution is 0.102. The van der Waals surface area contributed by atoms with Gasteiger partial charge >= 0.3 is 0 Å². The highest BCUT2D eigenvalue weighted by Crippen LogP contribution is 2.38. The molecule has 2 aliphatic rings. The van der Waals surface area contributed by atoms with E-state index in [0.29, 0.717) is 28.3 Å². The molecular formula is C25H20N2O5. The Morgan fingerprint density at radius 2 is 1.72 bits per heavy atom. The summed E-state index contributed by atoms with van der Waals surface area (Å²) in [6.07, 6.45) is 4.09. The van der Waals surface area contributed by atoms with Crippen LogP contribution in [0.4, 0.5) is 17.1 Å². The number of hydrogen-bond donors (Lipinski definition) is 4. The normalized spacial score (nSPS) is 16.5. The molecule has 7 nitrogen and oxygen atoms in total. The molecule has 160 valence electrons. The molecule has 3 aromatic rings. The van der Waals surface area contributed by atoms with E-state index in [1.54, 1.807) is 42.5 Å². The third kappa shape index (κ3) is 3.39. The number of aromatic hydroxyl groups is 1. The molecule has 0 saturated carbocycles. The summed E-state index contributed by atoms with van der Waals surface area (Å²) in [5, 5.41) is 26.3. The van der Waals surface area contributed by atoms with Gasteiger partial charge in [0.25, 0.3) is 5.91 Å². The van der Waals surface area contributed by atoms with Gasteiger partial charge in [-0.25, -0.2) is 0 Å². The average Bonchev–Trinajstić information content (AvgIpc) is 2.94. The highest BCUT2D eigenvalue weighted by molar-refractivity contribution is 6.12. The molecule has 1 unspecified atom stereocenters. The number of carbonyl (C=O) groups excluding carboxylic acids is 1. The third-order valence-electron chi connectivity index (χ3n) is 5.47.